The van der Waals surface area contributed by atoms with Crippen molar-refractivity contribution in [1.82, 2.24) is 4.58 Å². The number of para-hydroxylation sites is 6. The zero-order valence-corrected chi connectivity index (χ0v) is 39.2. The maximum absolute atomic E-state index is 14.3. The highest BCUT2D eigenvalue weighted by Gasteiger charge is 2.30. The van der Waals surface area contributed by atoms with Crippen LogP contribution in [0.15, 0.2) is 206 Å². The van der Waals surface area contributed by atoms with E-state index in [1.165, 1.54) is 0 Å². The maximum Gasteiger partial charge on any atom is 0.256 e. The minimum Gasteiger partial charge on any atom is -0.456 e. The van der Waals surface area contributed by atoms with Crippen LogP contribution in [0.4, 0.5) is 39.1 Å². The third kappa shape index (κ3) is 7.20. The standard InChI is InChI=1S/C62H40N4O2S2/c63-49-19-7-8-20-50(49)64-62(67)46-18-6-5-17-45(46)61-47-31-29-43(57-33-35-59(69-57)65-51-21-9-1-13-39(51)25-26-40-14-2-10-22-52(40)65)37-55(47)68-56-38-44(30-32-48(56)61)58-34-36-60(70-58)66-53-23-11-3-15-41(53)27-28-42-16-4-12-24-54(42)66/h1-38,63,67H/p+1. The summed E-state index contributed by atoms with van der Waals surface area (Å²) in [6.07, 6.45) is 13.2. The quantitative estimate of drug-likeness (QED) is 0.133. The molecule has 8 aromatic carbocycles. The number of thiophene rings is 1. The Morgan fingerprint density at radius 3 is 1.94 bits per heavy atom. The fraction of sp³-hybridized carbons (Fsp3) is 0. The molecule has 6 nitrogen and oxygen atoms in total. The third-order valence-corrected chi connectivity index (χ3v) is 15.4. The van der Waals surface area contributed by atoms with Crippen LogP contribution in [0.1, 0.15) is 43.7 Å². The number of carbonyl (C=O) groups excluding carboxylic acids is 1. The van der Waals surface area contributed by atoms with E-state index < -0.39 is 0 Å². The van der Waals surface area contributed by atoms with E-state index in [2.05, 4.69) is 197 Å². The molecule has 0 spiro atoms. The fourth-order valence-corrected chi connectivity index (χ4v) is 11.9. The van der Waals surface area contributed by atoms with E-state index in [0.29, 0.717) is 28.4 Å². The van der Waals surface area contributed by atoms with Crippen molar-refractivity contribution in [3.8, 4) is 21.9 Å². The predicted molar refractivity (Wildman–Crippen MR) is 294 cm³/mol. The summed E-state index contributed by atoms with van der Waals surface area (Å²) in [5, 5.41) is 7.23. The van der Waals surface area contributed by atoms with Crippen LogP contribution >= 0.6 is 23.1 Å². The number of nitrogens with one attached hydrogen (secondary N) is 1. The zero-order chi connectivity index (χ0) is 46.7. The molecule has 0 unspecified atom stereocenters. The highest BCUT2D eigenvalue weighted by molar-refractivity contribution is 8.22. The average molecular weight is 938 g/mol. The first-order valence-electron chi connectivity index (χ1n) is 23.1. The summed E-state index contributed by atoms with van der Waals surface area (Å²) >= 11 is 3.49. The Kier molecular flexibility index (Phi) is 10.1. The van der Waals surface area contributed by atoms with E-state index in [1.807, 2.05) is 42.5 Å². The monoisotopic (exact) mass is 937 g/mol. The summed E-state index contributed by atoms with van der Waals surface area (Å²) in [4.78, 5) is 18.9. The average Bonchev–Trinajstić information content (AvgIpc) is 4.03. The number of nitrogens with zero attached hydrogens (tertiary/aromatic N) is 2. The van der Waals surface area contributed by atoms with Gasteiger partial charge >= 0.3 is 0 Å². The second-order valence-corrected chi connectivity index (χ2v) is 19.5. The lowest BCUT2D eigenvalue weighted by atomic mass is 9.88. The molecule has 0 atom stereocenters. The van der Waals surface area contributed by atoms with Gasteiger partial charge in [-0.2, -0.15) is 0 Å². The first-order chi connectivity index (χ1) is 34.5. The molecule has 0 radical (unpaired) electrons. The number of rotatable bonds is 5. The minimum atomic E-state index is -0.250. The summed E-state index contributed by atoms with van der Waals surface area (Å²) < 4.78 is 9.43. The van der Waals surface area contributed by atoms with Crippen molar-refractivity contribution in [3.05, 3.63) is 256 Å². The molecule has 4 aliphatic rings. The van der Waals surface area contributed by atoms with Crippen molar-refractivity contribution in [2.24, 2.45) is 0 Å². The Hall–Kier alpha value is -8.69. The molecular weight excluding hydrogens is 897 g/mol. The summed E-state index contributed by atoms with van der Waals surface area (Å²) in [6.45, 7) is 0. The first kappa shape index (κ1) is 41.5. The first-order valence-corrected chi connectivity index (χ1v) is 24.8. The molecule has 332 valence electrons. The molecule has 8 heteroatoms. The van der Waals surface area contributed by atoms with Crippen molar-refractivity contribution in [2.45, 2.75) is 0 Å². The van der Waals surface area contributed by atoms with Gasteiger partial charge in [0.25, 0.3) is 11.0 Å². The summed E-state index contributed by atoms with van der Waals surface area (Å²) in [5.74, 6) is 1.17. The van der Waals surface area contributed by atoms with Crippen LogP contribution in [0.3, 0.4) is 0 Å². The van der Waals surface area contributed by atoms with Crippen molar-refractivity contribution >= 4 is 108 Å². The number of fused-ring (bicyclic) bond motifs is 6. The van der Waals surface area contributed by atoms with Crippen LogP contribution in [-0.2, 0) is 0 Å². The molecule has 9 aromatic rings. The van der Waals surface area contributed by atoms with Crippen molar-refractivity contribution in [2.75, 3.05) is 16.0 Å². The Labute approximate surface area is 413 Å². The molecule has 0 saturated carbocycles. The smallest absolute Gasteiger partial charge is 0.256 e. The molecule has 3 N–H and O–H groups in total. The van der Waals surface area contributed by atoms with Gasteiger partial charge in [-0.15, -0.1) is 15.9 Å². The van der Waals surface area contributed by atoms with Crippen LogP contribution < -0.4 is 35.7 Å². The van der Waals surface area contributed by atoms with Crippen LogP contribution in [0.5, 0.6) is 11.5 Å². The number of ether oxygens (including phenoxy) is 1. The van der Waals surface area contributed by atoms with Gasteiger partial charge in [-0.3, -0.25) is 4.79 Å². The number of nitrogens with two attached hydrogens (primary N) is 1. The Morgan fingerprint density at radius 1 is 0.557 bits per heavy atom. The second kappa shape index (κ2) is 17.1. The highest BCUT2D eigenvalue weighted by Crippen LogP contribution is 2.48. The molecule has 0 bridgehead atoms. The Bertz CT molecular complexity index is 3830. The normalized spacial score (nSPS) is 14.6. The van der Waals surface area contributed by atoms with Gasteiger partial charge in [0.2, 0.25) is 11.4 Å². The van der Waals surface area contributed by atoms with Crippen LogP contribution in [0.2, 0.25) is 0 Å². The summed E-state index contributed by atoms with van der Waals surface area (Å²) in [7, 11) is 0. The lowest BCUT2D eigenvalue weighted by Crippen LogP contribution is -2.22. The largest absolute Gasteiger partial charge is 0.456 e. The summed E-state index contributed by atoms with van der Waals surface area (Å²) in [5.41, 5.74) is 20.7. The van der Waals surface area contributed by atoms with E-state index in [-0.39, 0.29) is 5.91 Å². The van der Waals surface area contributed by atoms with E-state index in [1.54, 1.807) is 29.2 Å². The number of amides is 1. The molecule has 0 aliphatic carbocycles. The van der Waals surface area contributed by atoms with Gasteiger partial charge in [0.15, 0.2) is 0 Å². The van der Waals surface area contributed by atoms with E-state index in [9.17, 15) is 4.79 Å². The molecule has 70 heavy (non-hydrogen) atoms. The molecule has 13 rings (SSSR count). The fourth-order valence-electron chi connectivity index (χ4n) is 9.81. The zero-order valence-electron chi connectivity index (χ0n) is 37.5. The van der Waals surface area contributed by atoms with Gasteiger partial charge < -0.3 is 20.7 Å². The lowest BCUT2D eigenvalue weighted by Gasteiger charge is -2.25. The Morgan fingerprint density at radius 2 is 1.20 bits per heavy atom. The molecule has 0 saturated heterocycles. The van der Waals surface area contributed by atoms with Gasteiger partial charge in [0.05, 0.1) is 22.7 Å². The highest BCUT2D eigenvalue weighted by atomic mass is 32.2. The minimum absolute atomic E-state index is 0.250. The second-order valence-electron chi connectivity index (χ2n) is 17.3. The number of hydrogen-bond donors (Lipinski definition) is 2. The summed E-state index contributed by atoms with van der Waals surface area (Å²) in [6, 6.07) is 66.6. The van der Waals surface area contributed by atoms with Gasteiger partial charge in [-0.05, 0) is 136 Å². The van der Waals surface area contributed by atoms with Gasteiger partial charge in [0.1, 0.15) is 16.5 Å². The van der Waals surface area contributed by atoms with E-state index in [0.717, 1.165) is 97.5 Å². The predicted octanol–water partition coefficient (Wildman–Crippen LogP) is 14.4. The topological polar surface area (TPSA) is 70.6 Å². The van der Waals surface area contributed by atoms with Gasteiger partial charge in [0, 0.05) is 61.0 Å². The van der Waals surface area contributed by atoms with Gasteiger partial charge in [-0.1, -0.05) is 115 Å². The van der Waals surface area contributed by atoms with Crippen molar-refractivity contribution < 1.29 is 9.53 Å². The van der Waals surface area contributed by atoms with E-state index >= 15 is 0 Å². The molecule has 5 heterocycles. The van der Waals surface area contributed by atoms with Crippen molar-refractivity contribution in [3.63, 3.8) is 0 Å². The van der Waals surface area contributed by atoms with Crippen LogP contribution in [0, 0.1) is 0 Å². The van der Waals surface area contributed by atoms with Gasteiger partial charge in [-0.25, -0.2) is 0 Å². The number of benzene rings is 8. The number of hydrogen-bond acceptors (Lipinski definition) is 6. The maximum atomic E-state index is 14.3. The SMILES string of the molecule is Nc1ccccc1NC(=O)c1ccccc1C1=c2cc/c(=C3/C=CC(=[N+]4c5ccccc5C=Cc5ccccc54)S3)cc2Oc2cc(-c3ccc(N4c5ccccc5C=Cc5ccccc54)s3)ccc21. The van der Waals surface area contributed by atoms with Crippen molar-refractivity contribution in [1.29, 1.82) is 0 Å². The number of nitrogen functional groups attached to an aromatic ring is 1. The molecule has 0 fully saturated rings. The number of anilines is 5. The molecular formula is C62H41N4O2S2+. The van der Waals surface area contributed by atoms with Crippen LogP contribution in [0.25, 0.3) is 45.2 Å². The lowest BCUT2D eigenvalue weighted by molar-refractivity contribution is 0.102. The van der Waals surface area contributed by atoms with E-state index in [4.69, 9.17) is 10.5 Å². The third-order valence-electron chi connectivity index (χ3n) is 13.2. The number of thioether (sulfide) groups is 1. The number of carbonyl (C=O) groups is 1. The Balaban J connectivity index is 0.942. The molecule has 4 aliphatic heterocycles. The van der Waals surface area contributed by atoms with Crippen LogP contribution in [-0.4, -0.2) is 11.0 Å². The molecule has 1 amide bonds. The molecule has 1 aromatic heterocycles.